The monoisotopic (exact) mass is 498 g/mol. The second-order valence-corrected chi connectivity index (χ2v) is 8.22. The molecule has 1 heterocycles. The summed E-state index contributed by atoms with van der Waals surface area (Å²) in [7, 11) is 0. The molecule has 0 bridgehead atoms. The predicted octanol–water partition coefficient (Wildman–Crippen LogP) is 5.12. The van der Waals surface area contributed by atoms with Crippen LogP contribution in [0.5, 0.6) is 11.5 Å². The van der Waals surface area contributed by atoms with Crippen molar-refractivity contribution in [2.45, 2.75) is 31.6 Å². The van der Waals surface area contributed by atoms with Crippen molar-refractivity contribution in [1.82, 2.24) is 14.9 Å². The molecule has 0 saturated heterocycles. The molecule has 1 atom stereocenters. The number of nitrogens with two attached hydrogens (primary N) is 1. The fourth-order valence-corrected chi connectivity index (χ4v) is 3.83. The van der Waals surface area contributed by atoms with E-state index in [9.17, 15) is 18.0 Å². The second kappa shape index (κ2) is 10.8. The number of alkyl halides is 3. The van der Waals surface area contributed by atoms with Crippen molar-refractivity contribution in [3.05, 3.63) is 84.2 Å². The standard InChI is InChI=1S/C26H25F3N4O3/c27-26(28,29)17-5-10-20(11-6-17)36-21-12-8-19(9-13-21)33-23-4-2-1-3-22(23)32-24(33)16-31-18(15-30)7-14-25(34)35/h1-6,8-13,18,31H,7,14-16,30H2,(H,34,35). The molecule has 7 nitrogen and oxygen atoms in total. The molecule has 0 radical (unpaired) electrons. The number of carboxylic acid groups (broad SMARTS) is 1. The molecule has 1 unspecified atom stereocenters. The Morgan fingerprint density at radius 3 is 2.28 bits per heavy atom. The maximum absolute atomic E-state index is 12.8. The number of para-hydroxylation sites is 2. The number of aliphatic carboxylic acids is 1. The molecule has 0 saturated carbocycles. The summed E-state index contributed by atoms with van der Waals surface area (Å²) in [6.07, 6.45) is -3.98. The van der Waals surface area contributed by atoms with Crippen LogP contribution in [0.25, 0.3) is 16.7 Å². The van der Waals surface area contributed by atoms with Crippen molar-refractivity contribution >= 4 is 17.0 Å². The van der Waals surface area contributed by atoms with Gasteiger partial charge in [0.15, 0.2) is 0 Å². The van der Waals surface area contributed by atoms with Crippen LogP contribution in [0.15, 0.2) is 72.8 Å². The van der Waals surface area contributed by atoms with Crippen LogP contribution in [0, 0.1) is 0 Å². The summed E-state index contributed by atoms with van der Waals surface area (Å²) in [6.45, 7) is 0.670. The maximum Gasteiger partial charge on any atom is 0.416 e. The van der Waals surface area contributed by atoms with Gasteiger partial charge in [-0.05, 0) is 67.1 Å². The highest BCUT2D eigenvalue weighted by Crippen LogP contribution is 2.32. The van der Waals surface area contributed by atoms with E-state index in [1.165, 1.54) is 12.1 Å². The van der Waals surface area contributed by atoms with E-state index in [4.69, 9.17) is 20.6 Å². The first-order chi connectivity index (χ1) is 17.2. The summed E-state index contributed by atoms with van der Waals surface area (Å²) < 4.78 is 46.0. The number of hydrogen-bond donors (Lipinski definition) is 3. The fraction of sp³-hybridized carbons (Fsp3) is 0.231. The number of carbonyl (C=O) groups is 1. The third-order valence-corrected chi connectivity index (χ3v) is 5.68. The van der Waals surface area contributed by atoms with Crippen LogP contribution in [0.3, 0.4) is 0 Å². The van der Waals surface area contributed by atoms with Gasteiger partial charge in [0.25, 0.3) is 0 Å². The van der Waals surface area contributed by atoms with Gasteiger partial charge >= 0.3 is 12.1 Å². The second-order valence-electron chi connectivity index (χ2n) is 8.22. The molecule has 36 heavy (non-hydrogen) atoms. The van der Waals surface area contributed by atoms with Gasteiger partial charge in [0, 0.05) is 24.7 Å². The molecule has 3 aromatic carbocycles. The Morgan fingerprint density at radius 2 is 1.67 bits per heavy atom. The van der Waals surface area contributed by atoms with Crippen molar-refractivity contribution < 1.29 is 27.8 Å². The van der Waals surface area contributed by atoms with E-state index >= 15 is 0 Å². The van der Waals surface area contributed by atoms with Crippen LogP contribution in [0.2, 0.25) is 0 Å². The minimum atomic E-state index is -4.40. The van der Waals surface area contributed by atoms with Gasteiger partial charge in [0.2, 0.25) is 0 Å². The molecular formula is C26H25F3N4O3. The Kier molecular flexibility index (Phi) is 7.56. The van der Waals surface area contributed by atoms with Crippen LogP contribution in [-0.4, -0.2) is 33.2 Å². The molecule has 0 fully saturated rings. The van der Waals surface area contributed by atoms with Crippen LogP contribution in [0.4, 0.5) is 13.2 Å². The molecule has 1 aromatic heterocycles. The molecule has 0 aliphatic heterocycles. The molecule has 10 heteroatoms. The number of nitrogens with zero attached hydrogens (tertiary/aromatic N) is 2. The number of ether oxygens (including phenoxy) is 1. The number of fused-ring (bicyclic) bond motifs is 1. The van der Waals surface area contributed by atoms with E-state index in [1.54, 1.807) is 12.1 Å². The average molecular weight is 499 g/mol. The third-order valence-electron chi connectivity index (χ3n) is 5.68. The molecule has 4 aromatic rings. The van der Waals surface area contributed by atoms with E-state index in [2.05, 4.69) is 5.32 Å². The highest BCUT2D eigenvalue weighted by molar-refractivity contribution is 5.78. The van der Waals surface area contributed by atoms with Crippen molar-refractivity contribution in [2.24, 2.45) is 5.73 Å². The van der Waals surface area contributed by atoms with Gasteiger partial charge in [-0.3, -0.25) is 9.36 Å². The summed E-state index contributed by atoms with van der Waals surface area (Å²) in [6, 6.07) is 19.1. The van der Waals surface area contributed by atoms with Crippen LogP contribution >= 0.6 is 0 Å². The molecule has 4 rings (SSSR count). The molecule has 4 N–H and O–H groups in total. The highest BCUT2D eigenvalue weighted by Gasteiger charge is 2.30. The molecule has 0 aliphatic rings. The normalized spacial score (nSPS) is 12.6. The number of benzene rings is 3. The number of carboxylic acids is 1. The van der Waals surface area contributed by atoms with Crippen LogP contribution in [0.1, 0.15) is 24.2 Å². The van der Waals surface area contributed by atoms with Gasteiger partial charge in [-0.15, -0.1) is 0 Å². The number of hydrogen-bond acceptors (Lipinski definition) is 5. The summed E-state index contributed by atoms with van der Waals surface area (Å²) >= 11 is 0. The lowest BCUT2D eigenvalue weighted by Gasteiger charge is -2.17. The Labute approximate surface area is 205 Å². The zero-order valence-electron chi connectivity index (χ0n) is 19.2. The Bertz CT molecular complexity index is 1320. The van der Waals surface area contributed by atoms with Gasteiger partial charge in [0.05, 0.1) is 23.1 Å². The molecular weight excluding hydrogens is 473 g/mol. The maximum atomic E-state index is 12.8. The zero-order chi connectivity index (χ0) is 25.7. The van der Waals surface area contributed by atoms with E-state index in [0.717, 1.165) is 34.7 Å². The van der Waals surface area contributed by atoms with Gasteiger partial charge < -0.3 is 20.9 Å². The van der Waals surface area contributed by atoms with Crippen molar-refractivity contribution in [2.75, 3.05) is 6.54 Å². The first kappa shape index (κ1) is 25.2. The van der Waals surface area contributed by atoms with Crippen LogP contribution < -0.4 is 15.8 Å². The van der Waals surface area contributed by atoms with E-state index in [0.29, 0.717) is 31.0 Å². The quantitative estimate of drug-likeness (QED) is 0.281. The van der Waals surface area contributed by atoms with Gasteiger partial charge in [-0.25, -0.2) is 4.98 Å². The number of aromatic nitrogens is 2. The average Bonchev–Trinajstić information content (AvgIpc) is 3.23. The highest BCUT2D eigenvalue weighted by atomic mass is 19.4. The van der Waals surface area contributed by atoms with E-state index in [-0.39, 0.29) is 12.5 Å². The number of imidazole rings is 1. The Balaban J connectivity index is 1.54. The number of halogens is 3. The Morgan fingerprint density at radius 1 is 1.03 bits per heavy atom. The minimum absolute atomic E-state index is 0.0195. The number of nitrogens with one attached hydrogen (secondary N) is 1. The van der Waals surface area contributed by atoms with E-state index < -0.39 is 17.7 Å². The lowest BCUT2D eigenvalue weighted by atomic mass is 10.1. The fourth-order valence-electron chi connectivity index (χ4n) is 3.83. The third kappa shape index (κ3) is 6.02. The Hall–Kier alpha value is -3.89. The summed E-state index contributed by atoms with van der Waals surface area (Å²) in [5, 5.41) is 12.2. The topological polar surface area (TPSA) is 102 Å². The van der Waals surface area contributed by atoms with Gasteiger partial charge in [0.1, 0.15) is 17.3 Å². The van der Waals surface area contributed by atoms with Gasteiger partial charge in [-0.1, -0.05) is 12.1 Å². The summed E-state index contributed by atoms with van der Waals surface area (Å²) in [5.41, 5.74) is 7.57. The smallest absolute Gasteiger partial charge is 0.416 e. The first-order valence-electron chi connectivity index (χ1n) is 11.3. The zero-order valence-corrected chi connectivity index (χ0v) is 19.2. The minimum Gasteiger partial charge on any atom is -0.481 e. The van der Waals surface area contributed by atoms with Crippen LogP contribution in [-0.2, 0) is 17.5 Å². The van der Waals surface area contributed by atoms with Gasteiger partial charge in [-0.2, -0.15) is 13.2 Å². The SMILES string of the molecule is NCC(CCC(=O)O)NCc1nc2ccccc2n1-c1ccc(Oc2ccc(C(F)(F)F)cc2)cc1. The lowest BCUT2D eigenvalue weighted by Crippen LogP contribution is -2.36. The number of rotatable bonds is 10. The lowest BCUT2D eigenvalue weighted by molar-refractivity contribution is -0.138. The predicted molar refractivity (Wildman–Crippen MR) is 129 cm³/mol. The molecule has 0 aliphatic carbocycles. The molecule has 188 valence electrons. The largest absolute Gasteiger partial charge is 0.481 e. The molecule has 0 spiro atoms. The summed E-state index contributed by atoms with van der Waals surface area (Å²) in [4.78, 5) is 15.6. The molecule has 0 amide bonds. The summed E-state index contributed by atoms with van der Waals surface area (Å²) in [5.74, 6) is 0.616. The van der Waals surface area contributed by atoms with Crippen molar-refractivity contribution in [3.63, 3.8) is 0 Å². The van der Waals surface area contributed by atoms with Crippen molar-refractivity contribution in [3.8, 4) is 17.2 Å². The van der Waals surface area contributed by atoms with Crippen molar-refractivity contribution in [1.29, 1.82) is 0 Å². The van der Waals surface area contributed by atoms with E-state index in [1.807, 2.05) is 41.0 Å². The first-order valence-corrected chi connectivity index (χ1v) is 11.3.